The Hall–Kier alpha value is -2.95. The largest absolute Gasteiger partial charge is 0.354 e. The number of nitrogens with zero attached hydrogens (tertiary/aromatic N) is 4. The van der Waals surface area contributed by atoms with Gasteiger partial charge in [0.05, 0.1) is 6.20 Å². The minimum Gasteiger partial charge on any atom is -0.354 e. The van der Waals surface area contributed by atoms with Crippen molar-refractivity contribution in [3.8, 4) is 0 Å². The van der Waals surface area contributed by atoms with Crippen LogP contribution >= 0.6 is 0 Å². The zero-order valence-corrected chi connectivity index (χ0v) is 13.8. The lowest BCUT2D eigenvalue weighted by Gasteiger charge is -2.18. The molecule has 0 aliphatic carbocycles. The molecule has 1 aromatic heterocycles. The second-order valence-electron chi connectivity index (χ2n) is 5.64. The van der Waals surface area contributed by atoms with Crippen molar-refractivity contribution < 1.29 is 0 Å². The van der Waals surface area contributed by atoms with Gasteiger partial charge in [-0.05, 0) is 17.5 Å². The monoisotopic (exact) mass is 319 g/mol. The molecular formula is C19H21N5. The first-order valence-corrected chi connectivity index (χ1v) is 8.04. The van der Waals surface area contributed by atoms with E-state index in [-0.39, 0.29) is 0 Å². The van der Waals surface area contributed by atoms with E-state index in [1.165, 1.54) is 11.1 Å². The van der Waals surface area contributed by atoms with E-state index in [2.05, 4.69) is 49.7 Å². The molecule has 1 N–H and O–H groups in total. The van der Waals surface area contributed by atoms with Crippen molar-refractivity contribution in [2.75, 3.05) is 23.8 Å². The quantitative estimate of drug-likeness (QED) is 0.725. The molecule has 0 radical (unpaired) electrons. The molecule has 2 aromatic carbocycles. The predicted molar refractivity (Wildman–Crippen MR) is 97.0 cm³/mol. The van der Waals surface area contributed by atoms with E-state index >= 15 is 0 Å². The third-order valence-corrected chi connectivity index (χ3v) is 3.74. The standard InChI is InChI=1S/C19H21N5/c1-24(15-17-10-6-3-7-11-17)18-14-21-23-19(22-18)20-13-12-16-8-4-2-5-9-16/h2-11,14H,12-13,15H2,1H3,(H,20,22,23). The summed E-state index contributed by atoms with van der Waals surface area (Å²) in [4.78, 5) is 6.60. The van der Waals surface area contributed by atoms with Crippen LogP contribution in [0.5, 0.6) is 0 Å². The molecule has 24 heavy (non-hydrogen) atoms. The molecular weight excluding hydrogens is 298 g/mol. The molecule has 0 amide bonds. The predicted octanol–water partition coefficient (Wildman–Crippen LogP) is 3.16. The van der Waals surface area contributed by atoms with Gasteiger partial charge >= 0.3 is 0 Å². The van der Waals surface area contributed by atoms with Gasteiger partial charge in [0.2, 0.25) is 5.95 Å². The molecule has 3 rings (SSSR count). The number of nitrogens with one attached hydrogen (secondary N) is 1. The molecule has 5 heteroatoms. The van der Waals surface area contributed by atoms with E-state index in [4.69, 9.17) is 0 Å². The van der Waals surface area contributed by atoms with Gasteiger partial charge in [-0.3, -0.25) is 0 Å². The molecule has 0 saturated heterocycles. The molecule has 0 unspecified atom stereocenters. The highest BCUT2D eigenvalue weighted by atomic mass is 15.3. The summed E-state index contributed by atoms with van der Waals surface area (Å²) >= 11 is 0. The first-order chi connectivity index (χ1) is 11.8. The van der Waals surface area contributed by atoms with Gasteiger partial charge in [0, 0.05) is 20.1 Å². The van der Waals surface area contributed by atoms with E-state index in [1.807, 2.05) is 43.4 Å². The van der Waals surface area contributed by atoms with Crippen LogP contribution in [-0.4, -0.2) is 28.8 Å². The third kappa shape index (κ3) is 4.52. The van der Waals surface area contributed by atoms with E-state index in [0.717, 1.165) is 25.3 Å². The average Bonchev–Trinajstić information content (AvgIpc) is 2.64. The number of aromatic nitrogens is 3. The van der Waals surface area contributed by atoms with Crippen molar-refractivity contribution in [2.24, 2.45) is 0 Å². The van der Waals surface area contributed by atoms with Gasteiger partial charge < -0.3 is 10.2 Å². The van der Waals surface area contributed by atoms with E-state index in [1.54, 1.807) is 6.20 Å². The molecule has 0 spiro atoms. The molecule has 0 atom stereocenters. The van der Waals surface area contributed by atoms with Gasteiger partial charge in [-0.25, -0.2) is 0 Å². The lowest BCUT2D eigenvalue weighted by molar-refractivity contribution is 0.856. The SMILES string of the molecule is CN(Cc1ccccc1)c1cnnc(NCCc2ccccc2)n1. The molecule has 122 valence electrons. The fraction of sp³-hybridized carbons (Fsp3) is 0.211. The molecule has 0 saturated carbocycles. The first-order valence-electron chi connectivity index (χ1n) is 8.04. The number of benzene rings is 2. The van der Waals surface area contributed by atoms with Crippen molar-refractivity contribution in [1.29, 1.82) is 0 Å². The van der Waals surface area contributed by atoms with Crippen LogP contribution in [0.4, 0.5) is 11.8 Å². The van der Waals surface area contributed by atoms with Crippen LogP contribution < -0.4 is 10.2 Å². The van der Waals surface area contributed by atoms with E-state index in [9.17, 15) is 0 Å². The Balaban J connectivity index is 1.57. The number of hydrogen-bond donors (Lipinski definition) is 1. The van der Waals surface area contributed by atoms with Gasteiger partial charge in [0.25, 0.3) is 0 Å². The highest BCUT2D eigenvalue weighted by Crippen LogP contribution is 2.12. The Morgan fingerprint density at radius 1 is 0.917 bits per heavy atom. The maximum atomic E-state index is 4.54. The van der Waals surface area contributed by atoms with Crippen LogP contribution in [0.1, 0.15) is 11.1 Å². The molecule has 0 bridgehead atoms. The zero-order chi connectivity index (χ0) is 16.6. The fourth-order valence-electron chi connectivity index (χ4n) is 2.46. The van der Waals surface area contributed by atoms with E-state index in [0.29, 0.717) is 5.95 Å². The van der Waals surface area contributed by atoms with Crippen molar-refractivity contribution in [3.05, 3.63) is 78.0 Å². The molecule has 1 heterocycles. The summed E-state index contributed by atoms with van der Waals surface area (Å²) in [5.74, 6) is 1.36. The van der Waals surface area contributed by atoms with Crippen LogP contribution in [0.15, 0.2) is 66.9 Å². The summed E-state index contributed by atoms with van der Waals surface area (Å²) in [5, 5.41) is 11.4. The molecule has 3 aromatic rings. The highest BCUT2D eigenvalue weighted by molar-refractivity contribution is 5.40. The number of anilines is 2. The second kappa shape index (κ2) is 8.06. The normalized spacial score (nSPS) is 10.4. The van der Waals surface area contributed by atoms with Gasteiger partial charge in [-0.15, -0.1) is 5.10 Å². The number of hydrogen-bond acceptors (Lipinski definition) is 5. The van der Waals surface area contributed by atoms with Gasteiger partial charge in [0.15, 0.2) is 5.82 Å². The van der Waals surface area contributed by atoms with Crippen molar-refractivity contribution in [2.45, 2.75) is 13.0 Å². The zero-order valence-electron chi connectivity index (χ0n) is 13.8. The molecule has 0 aliphatic heterocycles. The molecule has 0 aliphatic rings. The lowest BCUT2D eigenvalue weighted by atomic mass is 10.1. The lowest BCUT2D eigenvalue weighted by Crippen LogP contribution is -2.19. The van der Waals surface area contributed by atoms with Crippen LogP contribution in [0.25, 0.3) is 0 Å². The summed E-state index contributed by atoms with van der Waals surface area (Å²) in [6.07, 6.45) is 2.61. The summed E-state index contributed by atoms with van der Waals surface area (Å²) in [7, 11) is 2.00. The third-order valence-electron chi connectivity index (χ3n) is 3.74. The smallest absolute Gasteiger partial charge is 0.244 e. The minimum atomic E-state index is 0.559. The minimum absolute atomic E-state index is 0.559. The summed E-state index contributed by atoms with van der Waals surface area (Å²) in [6, 6.07) is 20.7. The van der Waals surface area contributed by atoms with Crippen LogP contribution in [-0.2, 0) is 13.0 Å². The van der Waals surface area contributed by atoms with Crippen LogP contribution in [0.2, 0.25) is 0 Å². The average molecular weight is 319 g/mol. The number of rotatable bonds is 7. The summed E-state index contributed by atoms with van der Waals surface area (Å²) < 4.78 is 0. The Bertz CT molecular complexity index is 746. The summed E-state index contributed by atoms with van der Waals surface area (Å²) in [6.45, 7) is 1.56. The Morgan fingerprint density at radius 2 is 1.58 bits per heavy atom. The fourth-order valence-corrected chi connectivity index (χ4v) is 2.46. The van der Waals surface area contributed by atoms with Gasteiger partial charge in [-0.2, -0.15) is 10.1 Å². The van der Waals surface area contributed by atoms with Gasteiger partial charge in [-0.1, -0.05) is 60.7 Å². The highest BCUT2D eigenvalue weighted by Gasteiger charge is 2.06. The maximum Gasteiger partial charge on any atom is 0.244 e. The second-order valence-corrected chi connectivity index (χ2v) is 5.64. The first kappa shape index (κ1) is 15.9. The topological polar surface area (TPSA) is 53.9 Å². The van der Waals surface area contributed by atoms with Crippen molar-refractivity contribution in [3.63, 3.8) is 0 Å². The van der Waals surface area contributed by atoms with Crippen LogP contribution in [0, 0.1) is 0 Å². The van der Waals surface area contributed by atoms with Crippen molar-refractivity contribution in [1.82, 2.24) is 15.2 Å². The Labute approximate surface area is 142 Å². The maximum absolute atomic E-state index is 4.54. The van der Waals surface area contributed by atoms with Gasteiger partial charge in [0.1, 0.15) is 0 Å². The summed E-state index contributed by atoms with van der Waals surface area (Å²) in [5.41, 5.74) is 2.52. The van der Waals surface area contributed by atoms with E-state index < -0.39 is 0 Å². The van der Waals surface area contributed by atoms with Crippen LogP contribution in [0.3, 0.4) is 0 Å². The Kier molecular flexibility index (Phi) is 5.35. The molecule has 0 fully saturated rings. The Morgan fingerprint density at radius 3 is 2.29 bits per heavy atom. The van der Waals surface area contributed by atoms with Crippen molar-refractivity contribution >= 4 is 11.8 Å². The molecule has 5 nitrogen and oxygen atoms in total.